The van der Waals surface area contributed by atoms with Gasteiger partial charge in [-0.2, -0.15) is 0 Å². The van der Waals surface area contributed by atoms with Crippen molar-refractivity contribution in [3.63, 3.8) is 0 Å². The SMILES string of the molecule is CCC1CC2(C)CNC(C)(C1)C2.Cl. The summed E-state index contributed by atoms with van der Waals surface area (Å²) in [6.07, 6.45) is 5.62. The van der Waals surface area contributed by atoms with Crippen LogP contribution in [0.25, 0.3) is 0 Å². The molecule has 1 nitrogen and oxygen atoms in total. The lowest BCUT2D eigenvalue weighted by Crippen LogP contribution is -2.39. The summed E-state index contributed by atoms with van der Waals surface area (Å²) in [4.78, 5) is 0. The quantitative estimate of drug-likeness (QED) is 0.691. The molecule has 78 valence electrons. The van der Waals surface area contributed by atoms with Crippen LogP contribution in [0.2, 0.25) is 0 Å². The third-order valence-corrected chi connectivity index (χ3v) is 3.86. The van der Waals surface area contributed by atoms with Crippen LogP contribution in [0, 0.1) is 11.3 Å². The van der Waals surface area contributed by atoms with Crippen LogP contribution >= 0.6 is 12.4 Å². The summed E-state index contributed by atoms with van der Waals surface area (Å²) in [6, 6.07) is 0. The standard InChI is InChI=1S/C11H21N.ClH/c1-4-9-5-10(2)7-11(3,6-9)12-8-10;/h9,12H,4-8H2,1-3H3;1H. The predicted octanol–water partition coefficient (Wildman–Crippen LogP) is 2.99. The van der Waals surface area contributed by atoms with Crippen molar-refractivity contribution in [3.8, 4) is 0 Å². The van der Waals surface area contributed by atoms with Crippen LogP contribution in [0.5, 0.6) is 0 Å². The minimum absolute atomic E-state index is 0. The summed E-state index contributed by atoms with van der Waals surface area (Å²) in [6.45, 7) is 8.44. The zero-order valence-electron chi connectivity index (χ0n) is 9.02. The molecular formula is C11H22ClN. The van der Waals surface area contributed by atoms with E-state index in [1.807, 2.05) is 0 Å². The second kappa shape index (κ2) is 3.43. The van der Waals surface area contributed by atoms with Crippen molar-refractivity contribution in [2.75, 3.05) is 6.54 Å². The van der Waals surface area contributed by atoms with Crippen LogP contribution in [0.3, 0.4) is 0 Å². The molecule has 1 aliphatic carbocycles. The van der Waals surface area contributed by atoms with E-state index in [-0.39, 0.29) is 12.4 Å². The molecule has 0 aromatic heterocycles. The number of rotatable bonds is 1. The molecule has 0 radical (unpaired) electrons. The maximum absolute atomic E-state index is 3.70. The molecule has 2 aliphatic rings. The third kappa shape index (κ3) is 2.02. The molecular weight excluding hydrogens is 182 g/mol. The van der Waals surface area contributed by atoms with E-state index in [4.69, 9.17) is 0 Å². The molecule has 1 saturated heterocycles. The van der Waals surface area contributed by atoms with Gasteiger partial charge >= 0.3 is 0 Å². The number of hydrogen-bond acceptors (Lipinski definition) is 1. The highest BCUT2D eigenvalue weighted by molar-refractivity contribution is 5.85. The minimum Gasteiger partial charge on any atom is -0.311 e. The normalized spacial score (nSPS) is 48.7. The monoisotopic (exact) mass is 203 g/mol. The first-order valence-corrected chi connectivity index (χ1v) is 5.30. The van der Waals surface area contributed by atoms with Crippen molar-refractivity contribution in [1.82, 2.24) is 5.32 Å². The fourth-order valence-electron chi connectivity index (χ4n) is 3.48. The molecule has 0 amide bonds. The van der Waals surface area contributed by atoms with Gasteiger partial charge in [-0.1, -0.05) is 20.3 Å². The zero-order chi connectivity index (χ0) is 8.82. The molecule has 2 heteroatoms. The molecule has 1 N–H and O–H groups in total. The van der Waals surface area contributed by atoms with Gasteiger partial charge in [-0.05, 0) is 37.5 Å². The second-order valence-corrected chi connectivity index (χ2v) is 5.58. The Morgan fingerprint density at radius 2 is 2.00 bits per heavy atom. The highest BCUT2D eigenvalue weighted by Crippen LogP contribution is 2.49. The van der Waals surface area contributed by atoms with E-state index in [1.54, 1.807) is 0 Å². The van der Waals surface area contributed by atoms with Crippen LogP contribution in [-0.2, 0) is 0 Å². The van der Waals surface area contributed by atoms with Crippen molar-refractivity contribution in [2.45, 2.75) is 52.0 Å². The zero-order valence-corrected chi connectivity index (χ0v) is 9.84. The predicted molar refractivity (Wildman–Crippen MR) is 59.4 cm³/mol. The lowest BCUT2D eigenvalue weighted by molar-refractivity contribution is 0.159. The molecule has 3 atom stereocenters. The summed E-state index contributed by atoms with van der Waals surface area (Å²) in [5.41, 5.74) is 1.10. The van der Waals surface area contributed by atoms with Gasteiger partial charge in [0.15, 0.2) is 0 Å². The minimum atomic E-state index is 0. The molecule has 13 heavy (non-hydrogen) atoms. The van der Waals surface area contributed by atoms with Gasteiger partial charge in [-0.15, -0.1) is 12.4 Å². The van der Waals surface area contributed by atoms with Gasteiger partial charge in [0.25, 0.3) is 0 Å². The Balaban J connectivity index is 0.000000845. The first kappa shape index (κ1) is 11.3. The first-order valence-electron chi connectivity index (χ1n) is 5.30. The van der Waals surface area contributed by atoms with Crippen molar-refractivity contribution in [3.05, 3.63) is 0 Å². The van der Waals surface area contributed by atoms with Crippen molar-refractivity contribution >= 4 is 12.4 Å². The van der Waals surface area contributed by atoms with Crippen molar-refractivity contribution in [2.24, 2.45) is 11.3 Å². The number of hydrogen-bond donors (Lipinski definition) is 1. The maximum atomic E-state index is 3.70. The average Bonchev–Trinajstić information content (AvgIpc) is 2.20. The molecule has 0 aromatic rings. The molecule has 2 fully saturated rings. The van der Waals surface area contributed by atoms with E-state index in [0.29, 0.717) is 11.0 Å². The van der Waals surface area contributed by atoms with E-state index in [9.17, 15) is 0 Å². The molecule has 0 spiro atoms. The Labute approximate surface area is 88.1 Å². The molecule has 2 rings (SSSR count). The van der Waals surface area contributed by atoms with Gasteiger partial charge in [0, 0.05) is 12.1 Å². The first-order chi connectivity index (χ1) is 5.55. The number of fused-ring (bicyclic) bond motifs is 2. The summed E-state index contributed by atoms with van der Waals surface area (Å²) in [5, 5.41) is 3.70. The summed E-state index contributed by atoms with van der Waals surface area (Å²) < 4.78 is 0. The summed E-state index contributed by atoms with van der Waals surface area (Å²) in [5.74, 6) is 0.976. The fraction of sp³-hybridized carbons (Fsp3) is 1.00. The Kier molecular flexibility index (Phi) is 2.99. The number of nitrogens with one attached hydrogen (secondary N) is 1. The fourth-order valence-corrected chi connectivity index (χ4v) is 3.48. The van der Waals surface area contributed by atoms with E-state index in [1.165, 1.54) is 32.2 Å². The smallest absolute Gasteiger partial charge is 0.0161 e. The molecule has 2 bridgehead atoms. The van der Waals surface area contributed by atoms with Crippen LogP contribution in [0.4, 0.5) is 0 Å². The maximum Gasteiger partial charge on any atom is 0.0161 e. The van der Waals surface area contributed by atoms with Gasteiger partial charge < -0.3 is 5.32 Å². The Morgan fingerprint density at radius 3 is 2.54 bits per heavy atom. The lowest BCUT2D eigenvalue weighted by Gasteiger charge is -2.39. The van der Waals surface area contributed by atoms with Crippen LogP contribution in [-0.4, -0.2) is 12.1 Å². The van der Waals surface area contributed by atoms with Crippen molar-refractivity contribution < 1.29 is 0 Å². The lowest BCUT2D eigenvalue weighted by atomic mass is 9.67. The molecule has 0 aromatic carbocycles. The Hall–Kier alpha value is 0.250. The molecule has 1 aliphatic heterocycles. The highest BCUT2D eigenvalue weighted by Gasteiger charge is 2.48. The average molecular weight is 204 g/mol. The molecule has 1 saturated carbocycles. The third-order valence-electron chi connectivity index (χ3n) is 3.86. The van der Waals surface area contributed by atoms with E-state index in [2.05, 4.69) is 26.1 Å². The van der Waals surface area contributed by atoms with Crippen molar-refractivity contribution in [1.29, 1.82) is 0 Å². The molecule has 3 unspecified atom stereocenters. The van der Waals surface area contributed by atoms with Gasteiger partial charge in [0.1, 0.15) is 0 Å². The van der Waals surface area contributed by atoms with Crippen LogP contribution < -0.4 is 5.32 Å². The van der Waals surface area contributed by atoms with Gasteiger partial charge in [0.05, 0.1) is 0 Å². The van der Waals surface area contributed by atoms with E-state index < -0.39 is 0 Å². The van der Waals surface area contributed by atoms with Gasteiger partial charge in [-0.25, -0.2) is 0 Å². The number of halogens is 1. The summed E-state index contributed by atoms with van der Waals surface area (Å²) >= 11 is 0. The largest absolute Gasteiger partial charge is 0.311 e. The van der Waals surface area contributed by atoms with E-state index >= 15 is 0 Å². The highest BCUT2D eigenvalue weighted by atomic mass is 35.5. The van der Waals surface area contributed by atoms with Crippen LogP contribution in [0.1, 0.15) is 46.5 Å². The van der Waals surface area contributed by atoms with Gasteiger partial charge in [-0.3, -0.25) is 0 Å². The van der Waals surface area contributed by atoms with Crippen LogP contribution in [0.15, 0.2) is 0 Å². The topological polar surface area (TPSA) is 12.0 Å². The second-order valence-electron chi connectivity index (χ2n) is 5.58. The molecule has 1 heterocycles. The Bertz CT molecular complexity index is 177. The van der Waals surface area contributed by atoms with E-state index in [0.717, 1.165) is 5.92 Å². The summed E-state index contributed by atoms with van der Waals surface area (Å²) in [7, 11) is 0. The van der Waals surface area contributed by atoms with Gasteiger partial charge in [0.2, 0.25) is 0 Å². The Morgan fingerprint density at radius 1 is 1.31 bits per heavy atom.